The Kier molecular flexibility index (Phi) is 2.01. The number of hydrogen-bond donors (Lipinski definition) is 3. The van der Waals surface area contributed by atoms with Gasteiger partial charge in [-0.3, -0.25) is 4.40 Å². The van der Waals surface area contributed by atoms with Crippen molar-refractivity contribution in [2.75, 3.05) is 40.0 Å². The number of rotatable bonds is 2. The van der Waals surface area contributed by atoms with E-state index in [1.807, 2.05) is 0 Å². The molecule has 6 heterocycles. The van der Waals surface area contributed by atoms with E-state index in [9.17, 15) is 0 Å². The summed E-state index contributed by atoms with van der Waals surface area (Å²) >= 11 is 1.73. The molecule has 100 valence electrons. The van der Waals surface area contributed by atoms with Gasteiger partial charge in [0.15, 0.2) is 4.96 Å². The highest BCUT2D eigenvalue weighted by atomic mass is 32.1. The smallest absolute Gasteiger partial charge is 0.224 e. The number of quaternary nitrogens is 4. The van der Waals surface area contributed by atoms with Crippen LogP contribution in [0, 0.1) is 0 Å². The lowest BCUT2D eigenvalue weighted by atomic mass is 10.2. The topological polar surface area (TPSA) is 30.6 Å². The standard InChI is InChI=1S/C12H17N6S/c1-2-19-12-13-11(3-17(1)12)4-18-8-14-5-15(9-18)7-16(6-14)10-18/h1-3H,4-10H2/q+1/p+3. The van der Waals surface area contributed by atoms with Gasteiger partial charge < -0.3 is 0 Å². The first-order valence-electron chi connectivity index (χ1n) is 7.05. The Bertz CT molecular complexity index is 567. The molecule has 4 aliphatic heterocycles. The molecule has 2 aromatic rings. The molecule has 2 aromatic heterocycles. The number of thiazole rings is 1. The molecule has 4 fully saturated rings. The number of aromatic nitrogens is 2. The van der Waals surface area contributed by atoms with Crippen LogP contribution in [0.4, 0.5) is 0 Å². The Morgan fingerprint density at radius 3 is 2.47 bits per heavy atom. The number of fused-ring (bicyclic) bond motifs is 1. The lowest BCUT2D eigenvalue weighted by Crippen LogP contribution is -3.57. The normalized spacial score (nSPS) is 40.3. The fourth-order valence-electron chi connectivity index (χ4n) is 4.54. The highest BCUT2D eigenvalue weighted by Gasteiger charge is 2.56. The molecule has 0 aliphatic carbocycles. The summed E-state index contributed by atoms with van der Waals surface area (Å²) in [5, 5.41) is 2.10. The van der Waals surface area contributed by atoms with Gasteiger partial charge in [0, 0.05) is 17.8 Å². The largest absolute Gasteiger partial charge is 0.297 e. The monoisotopic (exact) mass is 280 g/mol. The minimum Gasteiger partial charge on any atom is -0.297 e. The zero-order valence-corrected chi connectivity index (χ0v) is 11.7. The molecule has 7 heteroatoms. The van der Waals surface area contributed by atoms with Crippen LogP contribution in [0.3, 0.4) is 0 Å². The van der Waals surface area contributed by atoms with E-state index in [1.165, 1.54) is 50.2 Å². The van der Waals surface area contributed by atoms with Crippen molar-refractivity contribution in [2.24, 2.45) is 0 Å². The molecular weight excluding hydrogens is 260 g/mol. The van der Waals surface area contributed by atoms with Crippen LogP contribution >= 0.6 is 11.3 Å². The predicted octanol–water partition coefficient (Wildman–Crippen LogP) is -3.85. The van der Waals surface area contributed by atoms with Crippen molar-refractivity contribution in [1.82, 2.24) is 9.38 Å². The molecule has 0 unspecified atom stereocenters. The van der Waals surface area contributed by atoms with Crippen LogP contribution in [0.1, 0.15) is 5.69 Å². The van der Waals surface area contributed by atoms with Gasteiger partial charge in [-0.1, -0.05) is 0 Å². The lowest BCUT2D eigenvalue weighted by molar-refractivity contribution is -1.43. The van der Waals surface area contributed by atoms with E-state index in [-0.39, 0.29) is 0 Å². The summed E-state index contributed by atoms with van der Waals surface area (Å²) in [6.07, 6.45) is 4.34. The van der Waals surface area contributed by atoms with Gasteiger partial charge in [-0.15, -0.1) is 11.3 Å². The molecule has 4 saturated heterocycles. The summed E-state index contributed by atoms with van der Waals surface area (Å²) < 4.78 is 3.41. The summed E-state index contributed by atoms with van der Waals surface area (Å²) in [6.45, 7) is 9.03. The summed E-state index contributed by atoms with van der Waals surface area (Å²) in [4.78, 5) is 11.3. The van der Waals surface area contributed by atoms with Crippen LogP contribution < -0.4 is 14.7 Å². The molecule has 0 amide bonds. The van der Waals surface area contributed by atoms with Crippen LogP contribution in [0.2, 0.25) is 0 Å². The van der Waals surface area contributed by atoms with Gasteiger partial charge in [0.25, 0.3) is 0 Å². The molecule has 0 saturated carbocycles. The van der Waals surface area contributed by atoms with E-state index in [0.29, 0.717) is 0 Å². The summed E-state index contributed by atoms with van der Waals surface area (Å²) in [5.41, 5.74) is 1.27. The van der Waals surface area contributed by atoms with Crippen molar-refractivity contribution < 1.29 is 19.2 Å². The van der Waals surface area contributed by atoms with Crippen molar-refractivity contribution in [3.63, 3.8) is 0 Å². The molecule has 4 aliphatic rings. The van der Waals surface area contributed by atoms with Gasteiger partial charge >= 0.3 is 0 Å². The molecule has 0 radical (unpaired) electrons. The molecule has 0 aromatic carbocycles. The van der Waals surface area contributed by atoms with Crippen molar-refractivity contribution in [1.29, 1.82) is 0 Å². The second-order valence-electron chi connectivity index (χ2n) is 6.58. The summed E-state index contributed by atoms with van der Waals surface area (Å²) in [6, 6.07) is 0. The third-order valence-electron chi connectivity index (χ3n) is 4.82. The van der Waals surface area contributed by atoms with Crippen LogP contribution in [-0.2, 0) is 6.54 Å². The average molecular weight is 280 g/mol. The van der Waals surface area contributed by atoms with Crippen molar-refractivity contribution in [3.05, 3.63) is 23.5 Å². The summed E-state index contributed by atoms with van der Waals surface area (Å²) in [7, 11) is 0. The molecule has 6 nitrogen and oxygen atoms in total. The lowest BCUT2D eigenvalue weighted by Gasteiger charge is -2.52. The molecule has 3 N–H and O–H groups in total. The fourth-order valence-corrected chi connectivity index (χ4v) is 5.26. The van der Waals surface area contributed by atoms with Crippen molar-refractivity contribution in [3.8, 4) is 0 Å². The first-order chi connectivity index (χ1) is 9.28. The number of hydrogen-bond acceptors (Lipinski definition) is 2. The highest BCUT2D eigenvalue weighted by molar-refractivity contribution is 7.15. The van der Waals surface area contributed by atoms with E-state index in [2.05, 4.69) is 22.2 Å². The maximum atomic E-state index is 4.79. The maximum absolute atomic E-state index is 4.79. The van der Waals surface area contributed by atoms with Gasteiger partial charge in [0.2, 0.25) is 40.0 Å². The minimum absolute atomic E-state index is 1.12. The van der Waals surface area contributed by atoms with Crippen molar-refractivity contribution in [2.45, 2.75) is 6.54 Å². The Morgan fingerprint density at radius 2 is 1.84 bits per heavy atom. The SMILES string of the molecule is c1cn2cc(C[N+]34C[NH+]5C[NH+](C[NH+](C5)C3)C4)nc2s1. The Balaban J connectivity index is 1.47. The molecule has 4 bridgehead atoms. The van der Waals surface area contributed by atoms with Gasteiger partial charge in [-0.25, -0.2) is 4.98 Å². The maximum Gasteiger partial charge on any atom is 0.224 e. The quantitative estimate of drug-likeness (QED) is 0.484. The van der Waals surface area contributed by atoms with Gasteiger partial charge in [-0.2, -0.15) is 19.2 Å². The van der Waals surface area contributed by atoms with Gasteiger partial charge in [0.1, 0.15) is 12.2 Å². The second-order valence-corrected chi connectivity index (χ2v) is 7.45. The molecule has 0 spiro atoms. The van der Waals surface area contributed by atoms with E-state index in [1.54, 1.807) is 26.0 Å². The fraction of sp³-hybridized carbons (Fsp3) is 0.583. The van der Waals surface area contributed by atoms with E-state index < -0.39 is 0 Å². The number of nitrogens with one attached hydrogen (secondary N) is 3. The number of nitrogens with zero attached hydrogens (tertiary/aromatic N) is 3. The number of imidazole rings is 1. The van der Waals surface area contributed by atoms with Crippen LogP contribution in [0.5, 0.6) is 0 Å². The molecule has 0 atom stereocenters. The Hall–Kier alpha value is -0.990. The first kappa shape index (κ1) is 10.8. The van der Waals surface area contributed by atoms with E-state index >= 15 is 0 Å². The minimum atomic E-state index is 1.12. The zero-order chi connectivity index (χ0) is 12.4. The highest BCUT2D eigenvalue weighted by Crippen LogP contribution is 2.16. The van der Waals surface area contributed by atoms with Crippen LogP contribution in [-0.4, -0.2) is 53.9 Å². The second kappa shape index (κ2) is 3.56. The Labute approximate surface area is 115 Å². The third kappa shape index (κ3) is 1.60. The van der Waals surface area contributed by atoms with Crippen molar-refractivity contribution >= 4 is 16.3 Å². The first-order valence-corrected chi connectivity index (χ1v) is 7.93. The van der Waals surface area contributed by atoms with E-state index in [0.717, 1.165) is 11.5 Å². The summed E-state index contributed by atoms with van der Waals surface area (Å²) in [5.74, 6) is 0. The predicted molar refractivity (Wildman–Crippen MR) is 69.1 cm³/mol. The molecular formula is C12H20N6S+4. The van der Waals surface area contributed by atoms with Gasteiger partial charge in [-0.05, 0) is 0 Å². The zero-order valence-electron chi connectivity index (χ0n) is 10.9. The van der Waals surface area contributed by atoms with E-state index in [4.69, 9.17) is 4.98 Å². The average Bonchev–Trinajstić information content (AvgIpc) is 2.86. The third-order valence-corrected chi connectivity index (χ3v) is 5.59. The van der Waals surface area contributed by atoms with Gasteiger partial charge in [0.05, 0.1) is 0 Å². The molecule has 6 rings (SSSR count). The van der Waals surface area contributed by atoms with Crippen LogP contribution in [0.15, 0.2) is 17.8 Å². The van der Waals surface area contributed by atoms with Crippen LogP contribution in [0.25, 0.3) is 4.96 Å². The Morgan fingerprint density at radius 1 is 1.16 bits per heavy atom. The molecule has 19 heavy (non-hydrogen) atoms.